The average Bonchev–Trinajstić information content (AvgIpc) is 2.51. The van der Waals surface area contributed by atoms with Crippen LogP contribution in [0.3, 0.4) is 0 Å². The summed E-state index contributed by atoms with van der Waals surface area (Å²) in [6.07, 6.45) is 0. The molecule has 0 radical (unpaired) electrons. The Hall–Kier alpha value is -1.91. The molecule has 92 valence electrons. The number of hydrogen-bond acceptors (Lipinski definition) is 0. The van der Waals surface area contributed by atoms with Crippen molar-refractivity contribution in [2.24, 2.45) is 0 Å². The van der Waals surface area contributed by atoms with E-state index in [4.69, 9.17) is 0 Å². The van der Waals surface area contributed by atoms with Gasteiger partial charge in [0.25, 0.3) is 0 Å². The summed E-state index contributed by atoms with van der Waals surface area (Å²) in [6, 6.07) is 32.3. The third-order valence-electron chi connectivity index (χ3n) is 3.04. The smallest absolute Gasteiger partial charge is 0.0134 e. The first kappa shape index (κ1) is 12.1. The predicted molar refractivity (Wildman–Crippen MR) is 85.1 cm³/mol. The maximum atomic E-state index is 2.23. The minimum absolute atomic E-state index is 0.446. The van der Waals surface area contributed by atoms with Crippen LogP contribution in [-0.2, 0) is 0 Å². The molecule has 3 aromatic carbocycles. The monoisotopic (exact) mass is 232 g/mol. The van der Waals surface area contributed by atoms with Crippen LogP contribution in [0.2, 0.25) is 0 Å². The molecule has 0 amide bonds. The molecule has 1 heteroatoms. The van der Waals surface area contributed by atoms with Crippen molar-refractivity contribution >= 4 is 23.8 Å². The summed E-state index contributed by atoms with van der Waals surface area (Å²) in [5.74, 6) is 0. The van der Waals surface area contributed by atoms with E-state index in [1.807, 2.05) is 0 Å². The summed E-state index contributed by atoms with van der Waals surface area (Å²) in [5.41, 5.74) is 0. The van der Waals surface area contributed by atoms with Crippen LogP contribution in [0.15, 0.2) is 91.0 Å². The van der Waals surface area contributed by atoms with Gasteiger partial charge in [-0.05, 0) is 23.8 Å². The highest BCUT2D eigenvalue weighted by Crippen LogP contribution is 2.32. The van der Waals surface area contributed by atoms with Crippen LogP contribution in [-0.4, -0.2) is 0 Å². The van der Waals surface area contributed by atoms with Crippen molar-refractivity contribution < 1.29 is 0 Å². The molecule has 0 unspecified atom stereocenters. The maximum absolute atomic E-state index is 2.23. The van der Waals surface area contributed by atoms with Gasteiger partial charge in [-0.25, -0.2) is 0 Å². The van der Waals surface area contributed by atoms with Gasteiger partial charge in [-0.2, -0.15) is 0 Å². The van der Waals surface area contributed by atoms with Crippen LogP contribution >= 0.6 is 7.92 Å². The Morgan fingerprint density at radius 3 is 0.895 bits per heavy atom. The second kappa shape index (κ2) is 5.82. The fraction of sp³-hybridized carbons (Fsp3) is 0. The second-order valence-corrected chi connectivity index (χ2v) is 6.56. The predicted octanol–water partition coefficient (Wildman–Crippen LogP) is 3.44. The Balaban J connectivity index is 2.12. The lowest BCUT2D eigenvalue weighted by Crippen LogP contribution is -2.20. The van der Waals surface area contributed by atoms with Crippen molar-refractivity contribution in [3.63, 3.8) is 0 Å². The van der Waals surface area contributed by atoms with Crippen molar-refractivity contribution in [2.45, 2.75) is 0 Å². The lowest BCUT2D eigenvalue weighted by atomic mass is 0.731. The van der Waals surface area contributed by atoms with Gasteiger partial charge in [0.15, 0.2) is 0 Å². The van der Waals surface area contributed by atoms with E-state index in [2.05, 4.69) is 91.0 Å². The Bertz CT molecular complexity index is 524. The second-order valence-electron chi connectivity index (χ2n) is 4.34. The molecule has 0 atom stereocenters. The molecular formula is C18H15P. The lowest BCUT2D eigenvalue weighted by molar-refractivity contribution is 1.74. The zero-order valence-corrected chi connectivity index (χ0v) is 11.5. The molecule has 3 rings (SSSR count). The topological polar surface area (TPSA) is 0 Å². The van der Waals surface area contributed by atoms with Crippen LogP contribution in [0.4, 0.5) is 0 Å². The SMILES string of the molecule is c1ccc([1P](c2ccccc2)c2ccccc2)cc1. The van der Waals surface area contributed by atoms with Crippen molar-refractivity contribution in [3.05, 3.63) is 91.0 Å². The van der Waals surface area contributed by atoms with Crippen LogP contribution in [0.1, 0.15) is 0 Å². The van der Waals surface area contributed by atoms with E-state index in [-0.39, 0.29) is 0 Å². The summed E-state index contributed by atoms with van der Waals surface area (Å²) in [7, 11) is -0.446. The van der Waals surface area contributed by atoms with Gasteiger partial charge in [-0.3, -0.25) is 0 Å². The molecule has 3 aromatic rings. The third kappa shape index (κ3) is 2.75. The molecule has 0 heterocycles. The van der Waals surface area contributed by atoms with Gasteiger partial charge in [0, 0.05) is 0 Å². The van der Waals surface area contributed by atoms with Gasteiger partial charge in [0.05, 0.1) is 0 Å². The van der Waals surface area contributed by atoms with Crippen molar-refractivity contribution in [1.82, 2.24) is 0 Å². The van der Waals surface area contributed by atoms with Crippen molar-refractivity contribution in [3.8, 4) is 0 Å². The van der Waals surface area contributed by atoms with E-state index < -0.39 is 7.92 Å². The molecule has 19 heavy (non-hydrogen) atoms. The van der Waals surface area contributed by atoms with Gasteiger partial charge in [-0.1, -0.05) is 91.0 Å². The molecular weight excluding hydrogens is 217 g/mol. The van der Waals surface area contributed by atoms with Gasteiger partial charge in [-0.15, -0.1) is 0 Å². The van der Waals surface area contributed by atoms with E-state index in [0.29, 0.717) is 0 Å². The van der Waals surface area contributed by atoms with E-state index in [1.165, 1.54) is 15.9 Å². The first-order valence-electron chi connectivity index (χ1n) is 6.40. The molecule has 0 saturated carbocycles. The van der Waals surface area contributed by atoms with Gasteiger partial charge in [0.1, 0.15) is 0 Å². The number of benzene rings is 3. The van der Waals surface area contributed by atoms with Crippen LogP contribution < -0.4 is 15.9 Å². The normalized spacial score (nSPS) is 10.6. The Labute approximate surface area is 115 Å². The van der Waals surface area contributed by atoms with E-state index in [1.54, 1.807) is 0 Å². The molecule has 0 bridgehead atoms. The van der Waals surface area contributed by atoms with Crippen LogP contribution in [0.5, 0.6) is 0 Å². The van der Waals surface area contributed by atoms with Crippen LogP contribution in [0, 0.1) is 0 Å². The van der Waals surface area contributed by atoms with Gasteiger partial charge >= 0.3 is 0 Å². The van der Waals surface area contributed by atoms with Gasteiger partial charge in [0.2, 0.25) is 0 Å². The summed E-state index contributed by atoms with van der Waals surface area (Å²) in [5, 5.41) is 4.19. The zero-order valence-electron chi connectivity index (χ0n) is 10.6. The molecule has 0 fully saturated rings. The minimum atomic E-state index is -0.446. The zero-order chi connectivity index (χ0) is 12.9. The largest absolute Gasteiger partial charge is 0.0622 e. The lowest BCUT2D eigenvalue weighted by Gasteiger charge is -2.18. The molecule has 0 spiro atoms. The van der Waals surface area contributed by atoms with E-state index in [9.17, 15) is 0 Å². The quantitative estimate of drug-likeness (QED) is 0.607. The Morgan fingerprint density at radius 2 is 0.632 bits per heavy atom. The number of hydrogen-bond donors (Lipinski definition) is 0. The average molecular weight is 232 g/mol. The molecule has 0 aliphatic carbocycles. The summed E-state index contributed by atoms with van der Waals surface area (Å²) >= 11 is 0. The third-order valence-corrected chi connectivity index (χ3v) is 5.49. The first-order chi connectivity index (χ1) is 9.45. The molecule has 0 saturated heterocycles. The fourth-order valence-corrected chi connectivity index (χ4v) is 4.48. The van der Waals surface area contributed by atoms with Crippen molar-refractivity contribution in [1.29, 1.82) is 0 Å². The Morgan fingerprint density at radius 1 is 0.368 bits per heavy atom. The molecule has 0 aromatic heterocycles. The Kier molecular flexibility index (Phi) is 3.72. The summed E-state index contributed by atoms with van der Waals surface area (Å²) < 4.78 is 0. The van der Waals surface area contributed by atoms with E-state index >= 15 is 0 Å². The highest BCUT2D eigenvalue weighted by atomic mass is 13.7. The fourth-order valence-electron chi connectivity index (χ4n) is 2.18. The summed E-state index contributed by atoms with van der Waals surface area (Å²) in [6.45, 7) is 0. The van der Waals surface area contributed by atoms with Gasteiger partial charge < -0.3 is 0 Å². The molecule has 0 N–H and O–H groups in total. The maximum Gasteiger partial charge on any atom is -0.0134 e. The highest BCUT2D eigenvalue weighted by molar-refractivity contribution is 7.79. The van der Waals surface area contributed by atoms with Crippen LogP contribution in [0.25, 0.3) is 0 Å². The molecule has 0 aliphatic heterocycles. The summed E-state index contributed by atoms with van der Waals surface area (Å²) in [4.78, 5) is 0. The molecule has 0 aliphatic rings. The van der Waals surface area contributed by atoms with E-state index in [0.717, 1.165) is 0 Å². The van der Waals surface area contributed by atoms with Crippen molar-refractivity contribution in [2.75, 3.05) is 0 Å². The first-order valence-corrected chi connectivity index (χ1v) is 7.74. The minimum Gasteiger partial charge on any atom is -0.0622 e. The molecule has 0 nitrogen and oxygen atoms in total. The highest BCUT2D eigenvalue weighted by Gasteiger charge is 2.14. The number of rotatable bonds is 3. The standard InChI is InChI=1S/C18H15P/c1-4-10-16(11-5-1)19(17-12-6-2-7-13-17)18-14-8-3-9-15-18/h1-15H/i19-30.